The minimum Gasteiger partial charge on any atom is -0.497 e. The maximum Gasteiger partial charge on any atom is 0.339 e. The van der Waals surface area contributed by atoms with Gasteiger partial charge >= 0.3 is 5.63 Å². The standard InChI is InChI=1S/C27H34N2O4/c1-31-21-9-7-20(8-10-21)29-16-14-28(15-17-29)13-2-3-18-32-22-11-12-24-23-5-4-6-25(23)27(30)33-26(24)19-22/h7-12,22H,2-6,13-19H2,1H3/t22-/m1/s1. The second-order valence-corrected chi connectivity index (χ2v) is 9.24. The van der Waals surface area contributed by atoms with E-state index in [1.165, 1.54) is 11.3 Å². The Morgan fingerprint density at radius 2 is 1.82 bits per heavy atom. The Balaban J connectivity index is 1.01. The largest absolute Gasteiger partial charge is 0.497 e. The Morgan fingerprint density at radius 1 is 1.03 bits per heavy atom. The van der Waals surface area contributed by atoms with Crippen LogP contribution < -0.4 is 15.3 Å². The number of unbranched alkanes of at least 4 members (excludes halogenated alkanes) is 1. The fourth-order valence-corrected chi connectivity index (χ4v) is 5.27. The van der Waals surface area contributed by atoms with Gasteiger partial charge in [-0.05, 0) is 68.5 Å². The van der Waals surface area contributed by atoms with E-state index < -0.39 is 0 Å². The number of benzene rings is 1. The van der Waals surface area contributed by atoms with Crippen LogP contribution in [0.3, 0.4) is 0 Å². The third-order valence-electron chi connectivity index (χ3n) is 7.18. The van der Waals surface area contributed by atoms with Crippen molar-refractivity contribution in [3.05, 3.63) is 63.2 Å². The van der Waals surface area contributed by atoms with Gasteiger partial charge in [-0.3, -0.25) is 4.90 Å². The van der Waals surface area contributed by atoms with E-state index in [-0.39, 0.29) is 11.7 Å². The molecule has 1 aromatic carbocycles. The zero-order valence-electron chi connectivity index (χ0n) is 19.6. The third-order valence-corrected chi connectivity index (χ3v) is 7.18. The number of anilines is 1. The van der Waals surface area contributed by atoms with Gasteiger partial charge in [0.15, 0.2) is 0 Å². The summed E-state index contributed by atoms with van der Waals surface area (Å²) in [5, 5.41) is 0. The molecule has 1 atom stereocenters. The molecule has 0 spiro atoms. The smallest absolute Gasteiger partial charge is 0.339 e. The SMILES string of the molecule is COc1ccc(N2CCN(CCCCO[C@@H]3C=Cc4c(oc(=O)c5c4CCC5)C3)CC2)cc1. The molecular weight excluding hydrogens is 416 g/mol. The van der Waals surface area contributed by atoms with Gasteiger partial charge in [0.25, 0.3) is 0 Å². The van der Waals surface area contributed by atoms with Crippen LogP contribution in [0.2, 0.25) is 0 Å². The van der Waals surface area contributed by atoms with E-state index in [1.54, 1.807) is 7.11 Å². The van der Waals surface area contributed by atoms with Crippen molar-refractivity contribution in [1.29, 1.82) is 0 Å². The molecule has 2 aliphatic carbocycles. The van der Waals surface area contributed by atoms with E-state index in [0.717, 1.165) is 94.1 Å². The second kappa shape index (κ2) is 10.1. The highest BCUT2D eigenvalue weighted by Crippen LogP contribution is 2.30. The molecule has 1 saturated heterocycles. The predicted molar refractivity (Wildman–Crippen MR) is 130 cm³/mol. The number of fused-ring (bicyclic) bond motifs is 3. The molecule has 0 amide bonds. The molecule has 0 radical (unpaired) electrons. The summed E-state index contributed by atoms with van der Waals surface area (Å²) in [4.78, 5) is 17.2. The lowest BCUT2D eigenvalue weighted by atomic mass is 9.96. The van der Waals surface area contributed by atoms with E-state index in [1.807, 2.05) is 12.1 Å². The fourth-order valence-electron chi connectivity index (χ4n) is 5.27. The van der Waals surface area contributed by atoms with Crippen LogP contribution in [-0.2, 0) is 24.0 Å². The zero-order valence-corrected chi connectivity index (χ0v) is 19.6. The normalized spacial score (nSPS) is 20.0. The van der Waals surface area contributed by atoms with Gasteiger partial charge in [0.2, 0.25) is 0 Å². The van der Waals surface area contributed by atoms with Crippen molar-refractivity contribution < 1.29 is 13.9 Å². The minimum atomic E-state index is -0.137. The summed E-state index contributed by atoms with van der Waals surface area (Å²) < 4.78 is 17.0. The molecule has 0 bridgehead atoms. The van der Waals surface area contributed by atoms with E-state index in [4.69, 9.17) is 13.9 Å². The minimum absolute atomic E-state index is 0.00754. The third kappa shape index (κ3) is 5.02. The number of hydrogen-bond acceptors (Lipinski definition) is 6. The zero-order chi connectivity index (χ0) is 22.6. The summed E-state index contributed by atoms with van der Waals surface area (Å²) in [6.07, 6.45) is 10.0. The number of hydrogen-bond donors (Lipinski definition) is 0. The predicted octanol–water partition coefficient (Wildman–Crippen LogP) is 3.69. The highest BCUT2D eigenvalue weighted by Gasteiger charge is 2.26. The van der Waals surface area contributed by atoms with Crippen LogP contribution in [0.1, 0.15) is 41.7 Å². The molecule has 0 unspecified atom stereocenters. The van der Waals surface area contributed by atoms with Gasteiger partial charge in [0.1, 0.15) is 11.5 Å². The van der Waals surface area contributed by atoms with Crippen molar-refractivity contribution in [2.24, 2.45) is 0 Å². The highest BCUT2D eigenvalue weighted by atomic mass is 16.5. The van der Waals surface area contributed by atoms with Gasteiger partial charge in [-0.2, -0.15) is 0 Å². The molecule has 176 valence electrons. The summed E-state index contributed by atoms with van der Waals surface area (Å²) in [5.41, 5.74) is 4.37. The van der Waals surface area contributed by atoms with Crippen molar-refractivity contribution in [1.82, 2.24) is 4.90 Å². The van der Waals surface area contributed by atoms with Gasteiger partial charge in [0.05, 0.1) is 13.2 Å². The first kappa shape index (κ1) is 22.2. The van der Waals surface area contributed by atoms with E-state index >= 15 is 0 Å². The molecule has 6 nitrogen and oxygen atoms in total. The van der Waals surface area contributed by atoms with Crippen LogP contribution in [0.15, 0.2) is 39.6 Å². The van der Waals surface area contributed by atoms with Crippen molar-refractivity contribution in [3.63, 3.8) is 0 Å². The summed E-state index contributed by atoms with van der Waals surface area (Å²) in [6, 6.07) is 8.34. The first-order valence-corrected chi connectivity index (χ1v) is 12.3. The average Bonchev–Trinajstić information content (AvgIpc) is 3.35. The highest BCUT2D eigenvalue weighted by molar-refractivity contribution is 5.61. The first-order chi connectivity index (χ1) is 16.2. The van der Waals surface area contributed by atoms with Crippen LogP contribution in [-0.4, -0.2) is 57.4 Å². The summed E-state index contributed by atoms with van der Waals surface area (Å²) in [6.45, 7) is 6.17. The van der Waals surface area contributed by atoms with Crippen molar-refractivity contribution in [2.45, 2.75) is 44.6 Å². The molecule has 6 heteroatoms. The van der Waals surface area contributed by atoms with Crippen LogP contribution >= 0.6 is 0 Å². The lowest BCUT2D eigenvalue weighted by Crippen LogP contribution is -2.46. The molecule has 0 saturated carbocycles. The molecule has 2 aromatic rings. The number of nitrogens with zero attached hydrogens (tertiary/aromatic N) is 2. The molecule has 33 heavy (non-hydrogen) atoms. The monoisotopic (exact) mass is 450 g/mol. The van der Waals surface area contributed by atoms with Crippen LogP contribution in [0.4, 0.5) is 5.69 Å². The number of methoxy groups -OCH3 is 1. The molecule has 1 aliphatic heterocycles. The van der Waals surface area contributed by atoms with E-state index in [2.05, 4.69) is 34.1 Å². The maximum absolute atomic E-state index is 12.2. The van der Waals surface area contributed by atoms with Crippen LogP contribution in [0.25, 0.3) is 6.08 Å². The van der Waals surface area contributed by atoms with Gasteiger partial charge in [0, 0.05) is 56.0 Å². The lowest BCUT2D eigenvalue weighted by Gasteiger charge is -2.36. The molecule has 0 N–H and O–H groups in total. The number of rotatable bonds is 8. The number of ether oxygens (including phenoxy) is 2. The summed E-state index contributed by atoms with van der Waals surface area (Å²) in [5.74, 6) is 1.71. The van der Waals surface area contributed by atoms with Crippen molar-refractivity contribution in [3.8, 4) is 5.75 Å². The Morgan fingerprint density at radius 3 is 2.61 bits per heavy atom. The molecule has 2 heterocycles. The average molecular weight is 451 g/mol. The fraction of sp³-hybridized carbons (Fsp3) is 0.519. The van der Waals surface area contributed by atoms with Crippen LogP contribution in [0.5, 0.6) is 5.75 Å². The second-order valence-electron chi connectivity index (χ2n) is 9.24. The molecule has 3 aliphatic rings. The van der Waals surface area contributed by atoms with E-state index in [9.17, 15) is 4.79 Å². The van der Waals surface area contributed by atoms with Gasteiger partial charge in [-0.25, -0.2) is 4.79 Å². The summed E-state index contributed by atoms with van der Waals surface area (Å²) >= 11 is 0. The van der Waals surface area contributed by atoms with Gasteiger partial charge in [-0.1, -0.05) is 12.2 Å². The van der Waals surface area contributed by atoms with Gasteiger partial charge < -0.3 is 18.8 Å². The topological polar surface area (TPSA) is 55.1 Å². The quantitative estimate of drug-likeness (QED) is 0.572. The Hall–Kier alpha value is -2.57. The molecule has 1 aromatic heterocycles. The lowest BCUT2D eigenvalue weighted by molar-refractivity contribution is 0.0758. The number of piperazine rings is 1. The first-order valence-electron chi connectivity index (χ1n) is 12.3. The van der Waals surface area contributed by atoms with Crippen LogP contribution in [0, 0.1) is 0 Å². The summed E-state index contributed by atoms with van der Waals surface area (Å²) in [7, 11) is 1.70. The van der Waals surface area contributed by atoms with E-state index in [0.29, 0.717) is 6.42 Å². The molecular formula is C27H34N2O4. The maximum atomic E-state index is 12.2. The molecule has 5 rings (SSSR count). The van der Waals surface area contributed by atoms with Crippen molar-refractivity contribution in [2.75, 3.05) is 51.3 Å². The Kier molecular flexibility index (Phi) is 6.83. The Labute approximate surface area is 195 Å². The van der Waals surface area contributed by atoms with Crippen molar-refractivity contribution >= 4 is 11.8 Å². The Bertz CT molecular complexity index is 1040. The van der Waals surface area contributed by atoms with Gasteiger partial charge in [-0.15, -0.1) is 0 Å². The molecule has 1 fully saturated rings.